The van der Waals surface area contributed by atoms with Gasteiger partial charge in [0.15, 0.2) is 0 Å². The molecular weight excluding hydrogens is 234 g/mol. The molecule has 0 aromatic heterocycles. The summed E-state index contributed by atoms with van der Waals surface area (Å²) in [5.74, 6) is -0.813. The molecule has 0 aliphatic heterocycles. The van der Waals surface area contributed by atoms with Crippen LogP contribution in [0.3, 0.4) is 0 Å². The number of carboxylic acid groups (broad SMARTS) is 1. The SMILES string of the molecule is NC1(C(=O)O)CCCC(SC2CCCCC2)C1. The first-order valence-electron chi connectivity index (χ1n) is 6.78. The second-order valence-corrected chi connectivity index (χ2v) is 7.18. The third-order valence-electron chi connectivity index (χ3n) is 4.10. The molecule has 0 spiro atoms. The molecule has 0 aromatic carbocycles. The molecule has 2 unspecified atom stereocenters. The third kappa shape index (κ3) is 3.38. The van der Waals surface area contributed by atoms with Crippen LogP contribution in [0.1, 0.15) is 57.8 Å². The number of hydrogen-bond acceptors (Lipinski definition) is 3. The number of rotatable bonds is 3. The summed E-state index contributed by atoms with van der Waals surface area (Å²) >= 11 is 2.02. The summed E-state index contributed by atoms with van der Waals surface area (Å²) in [5.41, 5.74) is 5.03. The number of hydrogen-bond donors (Lipinski definition) is 2. The molecular formula is C13H23NO2S. The van der Waals surface area contributed by atoms with Crippen LogP contribution in [0, 0.1) is 0 Å². The van der Waals surface area contributed by atoms with Crippen LogP contribution < -0.4 is 5.73 Å². The number of thioether (sulfide) groups is 1. The fourth-order valence-electron chi connectivity index (χ4n) is 3.04. The van der Waals surface area contributed by atoms with E-state index in [2.05, 4.69) is 0 Å². The number of carboxylic acids is 1. The Kier molecular flexibility index (Phi) is 4.36. The Labute approximate surface area is 108 Å². The van der Waals surface area contributed by atoms with Gasteiger partial charge in [0.2, 0.25) is 0 Å². The van der Waals surface area contributed by atoms with Crippen molar-refractivity contribution in [2.45, 2.75) is 73.8 Å². The fraction of sp³-hybridized carbons (Fsp3) is 0.923. The van der Waals surface area contributed by atoms with Crippen LogP contribution in [0.25, 0.3) is 0 Å². The molecule has 3 nitrogen and oxygen atoms in total. The molecule has 0 amide bonds. The highest BCUT2D eigenvalue weighted by Crippen LogP contribution is 2.39. The van der Waals surface area contributed by atoms with E-state index in [1.54, 1.807) is 0 Å². The summed E-state index contributed by atoms with van der Waals surface area (Å²) in [6, 6.07) is 0. The summed E-state index contributed by atoms with van der Waals surface area (Å²) in [7, 11) is 0. The van der Waals surface area contributed by atoms with Crippen molar-refractivity contribution < 1.29 is 9.90 Å². The molecule has 0 radical (unpaired) electrons. The highest BCUT2D eigenvalue weighted by molar-refractivity contribution is 8.00. The van der Waals surface area contributed by atoms with Crippen molar-refractivity contribution in [3.05, 3.63) is 0 Å². The quantitative estimate of drug-likeness (QED) is 0.816. The Bertz CT molecular complexity index is 279. The van der Waals surface area contributed by atoms with E-state index >= 15 is 0 Å². The minimum absolute atomic E-state index is 0.466. The van der Waals surface area contributed by atoms with E-state index in [0.717, 1.165) is 18.1 Å². The molecule has 98 valence electrons. The van der Waals surface area contributed by atoms with Gasteiger partial charge in [-0.15, -0.1) is 0 Å². The van der Waals surface area contributed by atoms with Crippen molar-refractivity contribution in [3.63, 3.8) is 0 Å². The predicted octanol–water partition coefficient (Wildman–Crippen LogP) is 2.78. The third-order valence-corrected chi connectivity index (χ3v) is 5.75. The molecule has 0 aromatic rings. The van der Waals surface area contributed by atoms with Crippen LogP contribution in [-0.2, 0) is 4.79 Å². The van der Waals surface area contributed by atoms with E-state index in [0.29, 0.717) is 18.1 Å². The van der Waals surface area contributed by atoms with Gasteiger partial charge < -0.3 is 10.8 Å². The molecule has 4 heteroatoms. The van der Waals surface area contributed by atoms with E-state index < -0.39 is 11.5 Å². The normalized spacial score (nSPS) is 35.7. The van der Waals surface area contributed by atoms with Gasteiger partial charge in [0.1, 0.15) is 5.54 Å². The summed E-state index contributed by atoms with van der Waals surface area (Å²) in [5, 5.41) is 10.4. The van der Waals surface area contributed by atoms with Crippen LogP contribution in [-0.4, -0.2) is 27.1 Å². The van der Waals surface area contributed by atoms with Crippen LogP contribution in [0.15, 0.2) is 0 Å². The Morgan fingerprint density at radius 3 is 2.41 bits per heavy atom. The highest BCUT2D eigenvalue weighted by atomic mass is 32.2. The monoisotopic (exact) mass is 257 g/mol. The van der Waals surface area contributed by atoms with Crippen LogP contribution in [0.4, 0.5) is 0 Å². The van der Waals surface area contributed by atoms with Gasteiger partial charge in [-0.25, -0.2) is 0 Å². The van der Waals surface area contributed by atoms with Gasteiger partial charge in [0.05, 0.1) is 0 Å². The summed E-state index contributed by atoms with van der Waals surface area (Å²) in [6.07, 6.45) is 10.1. The zero-order chi connectivity index (χ0) is 12.3. The molecule has 2 atom stereocenters. The van der Waals surface area contributed by atoms with Crippen LogP contribution in [0.5, 0.6) is 0 Å². The Hall–Kier alpha value is -0.220. The summed E-state index contributed by atoms with van der Waals surface area (Å²) < 4.78 is 0. The first-order chi connectivity index (χ1) is 8.10. The zero-order valence-corrected chi connectivity index (χ0v) is 11.2. The maximum atomic E-state index is 11.2. The Morgan fingerprint density at radius 2 is 1.76 bits per heavy atom. The molecule has 2 fully saturated rings. The van der Waals surface area contributed by atoms with E-state index in [4.69, 9.17) is 5.73 Å². The van der Waals surface area contributed by atoms with Crippen molar-refractivity contribution in [3.8, 4) is 0 Å². The van der Waals surface area contributed by atoms with E-state index in [9.17, 15) is 9.90 Å². The van der Waals surface area contributed by atoms with Gasteiger partial charge in [-0.2, -0.15) is 11.8 Å². The number of aliphatic carboxylic acids is 1. The van der Waals surface area contributed by atoms with Gasteiger partial charge >= 0.3 is 5.97 Å². The molecule has 3 N–H and O–H groups in total. The first-order valence-corrected chi connectivity index (χ1v) is 7.72. The first kappa shape index (κ1) is 13.2. The fourth-order valence-corrected chi connectivity index (χ4v) is 4.89. The van der Waals surface area contributed by atoms with Crippen molar-refractivity contribution in [1.29, 1.82) is 0 Å². The van der Waals surface area contributed by atoms with Gasteiger partial charge in [0.25, 0.3) is 0 Å². The smallest absolute Gasteiger partial charge is 0.323 e. The average molecular weight is 257 g/mol. The van der Waals surface area contributed by atoms with Crippen molar-refractivity contribution in [1.82, 2.24) is 0 Å². The van der Waals surface area contributed by atoms with Gasteiger partial charge in [-0.1, -0.05) is 19.3 Å². The maximum Gasteiger partial charge on any atom is 0.323 e. The largest absolute Gasteiger partial charge is 0.480 e. The Morgan fingerprint density at radius 1 is 1.12 bits per heavy atom. The van der Waals surface area contributed by atoms with E-state index in [-0.39, 0.29) is 0 Å². The number of nitrogens with two attached hydrogens (primary N) is 1. The average Bonchev–Trinajstić information content (AvgIpc) is 2.30. The lowest BCUT2D eigenvalue weighted by atomic mass is 9.82. The number of carbonyl (C=O) groups is 1. The molecule has 2 aliphatic rings. The van der Waals surface area contributed by atoms with Crippen molar-refractivity contribution >= 4 is 17.7 Å². The highest BCUT2D eigenvalue weighted by Gasteiger charge is 2.40. The second kappa shape index (κ2) is 5.61. The minimum atomic E-state index is -0.954. The molecule has 17 heavy (non-hydrogen) atoms. The summed E-state index contributed by atoms with van der Waals surface area (Å²) in [6.45, 7) is 0. The van der Waals surface area contributed by atoms with Gasteiger partial charge in [-0.3, -0.25) is 4.79 Å². The molecule has 0 heterocycles. The predicted molar refractivity (Wildman–Crippen MR) is 71.3 cm³/mol. The lowest BCUT2D eigenvalue weighted by molar-refractivity contribution is -0.144. The molecule has 2 rings (SSSR count). The van der Waals surface area contributed by atoms with Gasteiger partial charge in [0, 0.05) is 10.5 Å². The molecule has 2 saturated carbocycles. The van der Waals surface area contributed by atoms with Crippen molar-refractivity contribution in [2.75, 3.05) is 0 Å². The van der Waals surface area contributed by atoms with E-state index in [1.165, 1.54) is 32.1 Å². The standard InChI is InChI=1S/C13H23NO2S/c14-13(12(15)16)8-4-7-11(9-13)17-10-5-2-1-3-6-10/h10-11H,1-9,14H2,(H,15,16). The molecule has 0 bridgehead atoms. The summed E-state index contributed by atoms with van der Waals surface area (Å²) in [4.78, 5) is 11.2. The van der Waals surface area contributed by atoms with E-state index in [1.807, 2.05) is 11.8 Å². The maximum absolute atomic E-state index is 11.2. The van der Waals surface area contributed by atoms with Crippen LogP contribution >= 0.6 is 11.8 Å². The van der Waals surface area contributed by atoms with Crippen LogP contribution in [0.2, 0.25) is 0 Å². The minimum Gasteiger partial charge on any atom is -0.480 e. The Balaban J connectivity index is 1.86. The lowest BCUT2D eigenvalue weighted by Gasteiger charge is -2.36. The molecule has 2 aliphatic carbocycles. The topological polar surface area (TPSA) is 63.3 Å². The lowest BCUT2D eigenvalue weighted by Crippen LogP contribution is -2.52. The zero-order valence-electron chi connectivity index (χ0n) is 10.4. The molecule has 0 saturated heterocycles. The van der Waals surface area contributed by atoms with Crippen molar-refractivity contribution in [2.24, 2.45) is 5.73 Å². The second-order valence-electron chi connectivity index (χ2n) is 5.58. The van der Waals surface area contributed by atoms with Gasteiger partial charge in [-0.05, 0) is 38.5 Å².